The van der Waals surface area contributed by atoms with E-state index in [-0.39, 0.29) is 42.7 Å². The molecule has 18 rings (SSSR count). The Morgan fingerprint density at radius 1 is 0.333 bits per heavy atom. The van der Waals surface area contributed by atoms with Crippen molar-refractivity contribution >= 4 is 92.7 Å². The van der Waals surface area contributed by atoms with Crippen LogP contribution in [0.1, 0.15) is 104 Å². The van der Waals surface area contributed by atoms with Gasteiger partial charge >= 0.3 is 0 Å². The van der Waals surface area contributed by atoms with Crippen LogP contribution in [0, 0.1) is 51.3 Å². The Morgan fingerprint density at radius 2 is 0.708 bits per heavy atom. The molecule has 0 atom stereocenters. The predicted octanol–water partition coefficient (Wildman–Crippen LogP) is 19.5. The highest BCUT2D eigenvalue weighted by atomic mass is 19.1. The summed E-state index contributed by atoms with van der Waals surface area (Å²) in [4.78, 5) is 141. The molecule has 13 heterocycles. The van der Waals surface area contributed by atoms with E-state index < -0.39 is 11.7 Å². The molecule has 0 aliphatic heterocycles. The van der Waals surface area contributed by atoms with Crippen LogP contribution in [0.15, 0.2) is 368 Å². The number of pyridine rings is 8. The van der Waals surface area contributed by atoms with Crippen molar-refractivity contribution in [2.45, 2.75) is 35.1 Å². The van der Waals surface area contributed by atoms with Crippen molar-refractivity contribution in [3.05, 3.63) is 435 Å². The standard InChI is InChI=1S/C21H18N4O.C18H17N5O.C18H12N4O2.2C17H14N4O2.C15H10FN5O2.CH4/c1-3-16-7-5-8-17(11-16)21(26)24-18-12-20(15-23-13-18)25(4-2)19-9-6-10-22-14-19;1-13-5-3-6-14(9-13)18(24)21-17-10-16(12-20-22-17)23(2)15-7-4-8-19-11-15;1-2-13-5-3-6-14(9-13)18(23)22-16-7-4-8-17(21-16)24-15-10-19-12-20-11-15;1-12-4-2-5-13(8-12)17(22)21-15-6-3-7-16(20-15)23-14-9-18-11-19-10-14;1-12-3-2-4-13(5-12)17(22)21-14-6-15(8-18-7-14)23-16-9-19-11-20-10-16;16-10-1-2-20-14(3-10)15(22)21-11-4-12(6-17-5-11)23-13-7-18-9-19-8-13;/h1,5-15H,4H2,2H3,(H,24,26);3-12H,1-2H3,(H,21,22,24);1,3-12H,(H,21,22,23);2-11H,1H3,(H,20,21,22);2-11H,1H3,(H,21,22);1-9H,(H,21,22);1H4. The number of halogens is 1. The SMILES string of the molecule is C.C#Cc1cccc(C(=O)Nc2cccc(Oc3cncnc3)n2)c1.C#Cc1cccc(C(=O)Nc2cncc(N(CC)c3cccnc3)c2)c1.Cc1cccc(C(=O)Nc2cc(N(C)c3cccnc3)cnn2)c1.Cc1cccc(C(=O)Nc2cccc(Oc3cncnc3)n2)c1.Cc1cccc(C(=O)Nc2cncc(Oc3cncnc3)c2)c1.O=C(Nc1cncc(Oc2cncnc2)c1)c1cc(F)ccn1. The van der Waals surface area contributed by atoms with Crippen LogP contribution in [-0.2, 0) is 0 Å². The lowest BCUT2D eigenvalue weighted by Crippen LogP contribution is -2.17. The molecule has 0 saturated carbocycles. The van der Waals surface area contributed by atoms with E-state index >= 15 is 0 Å². The van der Waals surface area contributed by atoms with Gasteiger partial charge in [0.25, 0.3) is 35.4 Å². The fourth-order valence-electron chi connectivity index (χ4n) is 12.6. The van der Waals surface area contributed by atoms with Crippen molar-refractivity contribution in [3.8, 4) is 70.9 Å². The molecule has 5 aromatic carbocycles. The molecule has 6 N–H and O–H groups in total. The molecule has 18 aromatic rings. The lowest BCUT2D eigenvalue weighted by Gasteiger charge is -2.23. The molecule has 6 amide bonds. The van der Waals surface area contributed by atoms with Gasteiger partial charge in [-0.25, -0.2) is 44.3 Å². The Morgan fingerprint density at radius 3 is 1.12 bits per heavy atom. The molecule has 144 heavy (non-hydrogen) atoms. The lowest BCUT2D eigenvalue weighted by atomic mass is 10.1. The molecule has 0 fully saturated rings. The largest absolute Gasteiger partial charge is 0.452 e. The van der Waals surface area contributed by atoms with Gasteiger partial charge in [-0.2, -0.15) is 15.1 Å². The molecule has 714 valence electrons. The lowest BCUT2D eigenvalue weighted by molar-refractivity contribution is 0.101. The first-order valence-corrected chi connectivity index (χ1v) is 43.2. The third-order valence-electron chi connectivity index (χ3n) is 19.2. The van der Waals surface area contributed by atoms with Gasteiger partial charge in [-0.1, -0.05) is 96.6 Å². The van der Waals surface area contributed by atoms with E-state index in [1.807, 2.05) is 125 Å². The fourth-order valence-corrected chi connectivity index (χ4v) is 12.6. The molecule has 0 aliphatic carbocycles. The highest BCUT2D eigenvalue weighted by Gasteiger charge is 2.18. The molecule has 0 saturated heterocycles. The summed E-state index contributed by atoms with van der Waals surface area (Å²) >= 11 is 0. The molecule has 13 aromatic heterocycles. The van der Waals surface area contributed by atoms with E-state index in [1.165, 1.54) is 81.1 Å². The normalized spacial score (nSPS) is 10.0. The summed E-state index contributed by atoms with van der Waals surface area (Å²) in [5, 5.41) is 24.4. The summed E-state index contributed by atoms with van der Waals surface area (Å²) < 4.78 is 35.3. The van der Waals surface area contributed by atoms with Crippen molar-refractivity contribution in [2.24, 2.45) is 0 Å². The maximum absolute atomic E-state index is 13.1. The predicted molar refractivity (Wildman–Crippen MR) is 542 cm³/mol. The van der Waals surface area contributed by atoms with Gasteiger partial charge in [0.15, 0.2) is 28.8 Å². The maximum atomic E-state index is 13.1. The average Bonchev–Trinajstić information content (AvgIpc) is 0.835. The number of benzene rings is 5. The average molecular weight is 1920 g/mol. The molecule has 0 aliphatic rings. The highest BCUT2D eigenvalue weighted by Crippen LogP contribution is 2.30. The second-order valence-corrected chi connectivity index (χ2v) is 29.8. The van der Waals surface area contributed by atoms with Crippen molar-refractivity contribution < 1.29 is 52.1 Å². The number of carbonyl (C=O) groups excluding carboxylic acids is 6. The van der Waals surface area contributed by atoms with Crippen LogP contribution in [0.5, 0.6) is 46.3 Å². The van der Waals surface area contributed by atoms with Crippen molar-refractivity contribution in [2.75, 3.05) is 55.3 Å². The first kappa shape index (κ1) is 102. The second-order valence-electron chi connectivity index (χ2n) is 29.8. The number of aromatic nitrogens is 18. The number of carbonyl (C=O) groups is 6. The number of terminal acetylenes is 2. The minimum atomic E-state index is -0.550. The quantitative estimate of drug-likeness (QED) is 0.0289. The van der Waals surface area contributed by atoms with Crippen LogP contribution in [0.3, 0.4) is 0 Å². The van der Waals surface area contributed by atoms with E-state index in [2.05, 4.69) is 139 Å². The van der Waals surface area contributed by atoms with Crippen LogP contribution in [0.2, 0.25) is 0 Å². The number of rotatable bonds is 25. The van der Waals surface area contributed by atoms with Gasteiger partial charge in [-0.3, -0.25) is 58.7 Å². The number of amides is 6. The third-order valence-corrected chi connectivity index (χ3v) is 19.2. The zero-order valence-electron chi connectivity index (χ0n) is 76.9. The third kappa shape index (κ3) is 32.3. The Labute approximate surface area is 826 Å². The van der Waals surface area contributed by atoms with Gasteiger partial charge < -0.3 is 60.6 Å². The van der Waals surface area contributed by atoms with E-state index in [4.69, 9.17) is 31.8 Å². The first-order chi connectivity index (χ1) is 69.7. The molecular weight excluding hydrogens is 1830 g/mol. The van der Waals surface area contributed by atoms with Crippen LogP contribution in [-0.4, -0.2) is 139 Å². The minimum Gasteiger partial charge on any atom is -0.452 e. The second kappa shape index (κ2) is 53.0. The van der Waals surface area contributed by atoms with Gasteiger partial charge in [0.1, 0.15) is 60.0 Å². The van der Waals surface area contributed by atoms with Crippen molar-refractivity contribution in [1.82, 2.24) is 89.9 Å². The number of hydrogen-bond acceptors (Lipinski definition) is 30. The highest BCUT2D eigenvalue weighted by molar-refractivity contribution is 6.07. The van der Waals surface area contributed by atoms with Gasteiger partial charge in [0.2, 0.25) is 11.8 Å². The van der Waals surface area contributed by atoms with Gasteiger partial charge in [0.05, 0.1) is 145 Å². The first-order valence-electron chi connectivity index (χ1n) is 43.2. The number of aryl methyl sites for hydroxylation is 3. The summed E-state index contributed by atoms with van der Waals surface area (Å²) in [7, 11) is 1.90. The Kier molecular flexibility index (Phi) is 37.7. The molecule has 0 radical (unpaired) electrons. The molecule has 0 unspecified atom stereocenters. The van der Waals surface area contributed by atoms with Gasteiger partial charge in [-0.05, 0) is 149 Å². The molecule has 37 heteroatoms. The zero-order chi connectivity index (χ0) is 100. The number of nitrogens with one attached hydrogen (secondary N) is 6. The summed E-state index contributed by atoms with van der Waals surface area (Å²) in [6.07, 6.45) is 47.8. The van der Waals surface area contributed by atoms with Crippen LogP contribution < -0.4 is 60.6 Å². The van der Waals surface area contributed by atoms with E-state index in [1.54, 1.807) is 189 Å². The molecule has 36 nitrogen and oxygen atoms in total. The van der Waals surface area contributed by atoms with E-state index in [0.29, 0.717) is 120 Å². The molecule has 0 bridgehead atoms. The van der Waals surface area contributed by atoms with E-state index in [9.17, 15) is 33.2 Å². The number of nitrogens with zero attached hydrogens (tertiary/aromatic N) is 20. The Balaban J connectivity index is 0.000000154. The maximum Gasteiger partial charge on any atom is 0.274 e. The van der Waals surface area contributed by atoms with Crippen molar-refractivity contribution in [3.63, 3.8) is 0 Å². The Hall–Kier alpha value is -20.6. The number of ether oxygens (including phenoxy) is 4. The molecule has 0 spiro atoms. The minimum absolute atomic E-state index is 0. The topological polar surface area (TPSA) is 450 Å². The smallest absolute Gasteiger partial charge is 0.274 e. The van der Waals surface area contributed by atoms with Crippen LogP contribution in [0.25, 0.3) is 0 Å². The van der Waals surface area contributed by atoms with Crippen LogP contribution in [0.4, 0.5) is 61.7 Å². The van der Waals surface area contributed by atoms with E-state index in [0.717, 1.165) is 58.1 Å². The van der Waals surface area contributed by atoms with Gasteiger partial charge in [-0.15, -0.1) is 17.9 Å². The van der Waals surface area contributed by atoms with Crippen molar-refractivity contribution in [1.29, 1.82) is 0 Å². The Bertz CT molecular complexity index is 7110. The van der Waals surface area contributed by atoms with Crippen LogP contribution >= 0.6 is 0 Å². The summed E-state index contributed by atoms with van der Waals surface area (Å²) in [6.45, 7) is 8.61. The molecular formula is C107H89FN26O10. The summed E-state index contributed by atoms with van der Waals surface area (Å²) in [5.41, 5.74) is 12.1. The van der Waals surface area contributed by atoms with Gasteiger partial charge in [0, 0.05) is 108 Å². The summed E-state index contributed by atoms with van der Waals surface area (Å²) in [6, 6.07) is 62.8. The monoisotopic (exact) mass is 1920 g/mol. The number of anilines is 10. The summed E-state index contributed by atoms with van der Waals surface area (Å²) in [5.74, 6) is 7.35. The zero-order valence-corrected chi connectivity index (χ0v) is 76.9. The number of hydrogen-bond donors (Lipinski definition) is 6. The fraction of sp³-hybridized carbons (Fsp3) is 0.0654.